The summed E-state index contributed by atoms with van der Waals surface area (Å²) in [6.45, 7) is 2.54. The van der Waals surface area contributed by atoms with E-state index in [9.17, 15) is 4.79 Å². The van der Waals surface area contributed by atoms with E-state index >= 15 is 0 Å². The Morgan fingerprint density at radius 2 is 2.12 bits per heavy atom. The molecule has 0 fully saturated rings. The molecule has 2 rings (SSSR count). The van der Waals surface area contributed by atoms with E-state index in [1.807, 2.05) is 31.2 Å². The van der Waals surface area contributed by atoms with E-state index in [-0.39, 0.29) is 5.76 Å². The minimum absolute atomic E-state index is 0.0375. The van der Waals surface area contributed by atoms with Gasteiger partial charge in [0, 0.05) is 11.6 Å². The maximum atomic E-state index is 10.8. The third-order valence-corrected chi connectivity index (χ3v) is 2.35. The highest BCUT2D eigenvalue weighted by molar-refractivity contribution is 6.67. The van der Waals surface area contributed by atoms with Crippen LogP contribution in [0.25, 0.3) is 11.3 Å². The summed E-state index contributed by atoms with van der Waals surface area (Å²) in [5, 5.41) is 3.10. The molecule has 2 aromatic rings. The van der Waals surface area contributed by atoms with Crippen molar-refractivity contribution in [3.05, 3.63) is 36.1 Å². The summed E-state index contributed by atoms with van der Waals surface area (Å²) in [6.07, 6.45) is 0. The predicted molar refractivity (Wildman–Crippen MR) is 63.3 cm³/mol. The highest BCUT2D eigenvalue weighted by Gasteiger charge is 2.11. The quantitative estimate of drug-likeness (QED) is 0.784. The zero-order valence-corrected chi connectivity index (χ0v) is 9.90. The number of nitrogens with zero attached hydrogens (tertiary/aromatic N) is 1. The molecule has 0 spiro atoms. The summed E-state index contributed by atoms with van der Waals surface area (Å²) in [5.41, 5.74) is 1.40. The lowest BCUT2D eigenvalue weighted by atomic mass is 10.1. The van der Waals surface area contributed by atoms with Gasteiger partial charge < -0.3 is 9.26 Å². The lowest BCUT2D eigenvalue weighted by Crippen LogP contribution is -1.90. The van der Waals surface area contributed by atoms with E-state index in [0.717, 1.165) is 11.3 Å². The van der Waals surface area contributed by atoms with Gasteiger partial charge in [-0.15, -0.1) is 0 Å². The minimum Gasteiger partial charge on any atom is -0.494 e. The van der Waals surface area contributed by atoms with Crippen LogP contribution >= 0.6 is 11.6 Å². The van der Waals surface area contributed by atoms with Gasteiger partial charge in [-0.25, -0.2) is 0 Å². The molecule has 0 N–H and O–H groups in total. The highest BCUT2D eigenvalue weighted by Crippen LogP contribution is 2.22. The molecule has 0 atom stereocenters. The summed E-state index contributed by atoms with van der Waals surface area (Å²) >= 11 is 5.28. The van der Waals surface area contributed by atoms with Crippen LogP contribution < -0.4 is 4.74 Å². The lowest BCUT2D eigenvalue weighted by molar-refractivity contribution is 0.104. The van der Waals surface area contributed by atoms with Crippen molar-refractivity contribution in [1.82, 2.24) is 5.16 Å². The van der Waals surface area contributed by atoms with Gasteiger partial charge in [-0.1, -0.05) is 5.16 Å². The Balaban J connectivity index is 2.23. The third-order valence-electron chi connectivity index (χ3n) is 2.16. The normalized spacial score (nSPS) is 10.2. The van der Waals surface area contributed by atoms with Crippen LogP contribution in [0.1, 0.15) is 17.5 Å². The van der Waals surface area contributed by atoms with Crippen molar-refractivity contribution >= 4 is 16.8 Å². The Kier molecular flexibility index (Phi) is 3.44. The first-order valence-corrected chi connectivity index (χ1v) is 5.48. The molecule has 0 aliphatic heterocycles. The van der Waals surface area contributed by atoms with Crippen molar-refractivity contribution in [3.8, 4) is 17.0 Å². The monoisotopic (exact) mass is 251 g/mol. The van der Waals surface area contributed by atoms with Gasteiger partial charge >= 0.3 is 0 Å². The fourth-order valence-electron chi connectivity index (χ4n) is 1.39. The van der Waals surface area contributed by atoms with Gasteiger partial charge in [0.15, 0.2) is 0 Å². The molecule has 1 aromatic heterocycles. The number of carbonyl (C=O) groups is 1. The molecule has 1 aromatic carbocycles. The summed E-state index contributed by atoms with van der Waals surface area (Å²) in [4.78, 5) is 10.8. The van der Waals surface area contributed by atoms with E-state index < -0.39 is 5.24 Å². The number of hydrogen-bond donors (Lipinski definition) is 0. The number of aromatic nitrogens is 1. The maximum Gasteiger partial charge on any atom is 0.290 e. The molecule has 5 heteroatoms. The first-order valence-electron chi connectivity index (χ1n) is 5.10. The SMILES string of the molecule is CCOc1ccc(-c2cc(C(=O)Cl)on2)cc1. The van der Waals surface area contributed by atoms with E-state index in [4.69, 9.17) is 20.9 Å². The standard InChI is InChI=1S/C12H10ClNO3/c1-2-16-9-5-3-8(4-6-9)10-7-11(12(13)15)17-14-10/h3-7H,2H2,1H3. The first-order chi connectivity index (χ1) is 8.20. The largest absolute Gasteiger partial charge is 0.494 e. The second-order valence-corrected chi connectivity index (χ2v) is 3.65. The second kappa shape index (κ2) is 5.01. The van der Waals surface area contributed by atoms with Crippen LogP contribution in [0.15, 0.2) is 34.9 Å². The molecule has 0 aliphatic rings. The molecular formula is C12H10ClNO3. The average Bonchev–Trinajstić information content (AvgIpc) is 2.80. The Morgan fingerprint density at radius 1 is 1.41 bits per heavy atom. The van der Waals surface area contributed by atoms with Crippen molar-refractivity contribution in [1.29, 1.82) is 0 Å². The topological polar surface area (TPSA) is 52.3 Å². The van der Waals surface area contributed by atoms with Gasteiger partial charge in [-0.05, 0) is 42.8 Å². The molecule has 0 aliphatic carbocycles. The smallest absolute Gasteiger partial charge is 0.290 e. The number of ether oxygens (including phenoxy) is 1. The molecule has 0 radical (unpaired) electrons. The third kappa shape index (κ3) is 2.65. The Morgan fingerprint density at radius 3 is 2.65 bits per heavy atom. The summed E-state index contributed by atoms with van der Waals surface area (Å²) in [7, 11) is 0. The molecule has 17 heavy (non-hydrogen) atoms. The fourth-order valence-corrected chi connectivity index (χ4v) is 1.48. The van der Waals surface area contributed by atoms with Gasteiger partial charge in [0.05, 0.1) is 6.61 Å². The van der Waals surface area contributed by atoms with Crippen LogP contribution in [0, 0.1) is 0 Å². The summed E-state index contributed by atoms with van der Waals surface area (Å²) in [6, 6.07) is 8.84. The molecule has 0 unspecified atom stereocenters. The minimum atomic E-state index is -0.658. The van der Waals surface area contributed by atoms with E-state index in [1.54, 1.807) is 0 Å². The molecule has 88 valence electrons. The summed E-state index contributed by atoms with van der Waals surface area (Å²) in [5.74, 6) is 0.823. The van der Waals surface area contributed by atoms with Crippen LogP contribution in [0.3, 0.4) is 0 Å². The summed E-state index contributed by atoms with van der Waals surface area (Å²) < 4.78 is 10.1. The highest BCUT2D eigenvalue weighted by atomic mass is 35.5. The number of benzene rings is 1. The zero-order chi connectivity index (χ0) is 12.3. The van der Waals surface area contributed by atoms with Gasteiger partial charge in [-0.3, -0.25) is 4.79 Å². The van der Waals surface area contributed by atoms with Gasteiger partial charge in [0.1, 0.15) is 11.4 Å². The van der Waals surface area contributed by atoms with Crippen molar-refractivity contribution in [2.75, 3.05) is 6.61 Å². The number of hydrogen-bond acceptors (Lipinski definition) is 4. The van der Waals surface area contributed by atoms with E-state index in [0.29, 0.717) is 12.3 Å². The van der Waals surface area contributed by atoms with Crippen molar-refractivity contribution < 1.29 is 14.1 Å². The Bertz CT molecular complexity index is 519. The Labute approximate surface area is 103 Å². The average molecular weight is 252 g/mol. The van der Waals surface area contributed by atoms with Crippen molar-refractivity contribution in [2.45, 2.75) is 6.92 Å². The van der Waals surface area contributed by atoms with Gasteiger partial charge in [0.2, 0.25) is 5.76 Å². The molecular weight excluding hydrogens is 242 g/mol. The first kappa shape index (κ1) is 11.7. The van der Waals surface area contributed by atoms with Crippen LogP contribution in [-0.4, -0.2) is 17.0 Å². The van der Waals surface area contributed by atoms with Crippen LogP contribution in [0.5, 0.6) is 5.75 Å². The molecule has 0 saturated carbocycles. The van der Waals surface area contributed by atoms with Crippen LogP contribution in [0.4, 0.5) is 0 Å². The number of halogens is 1. The maximum absolute atomic E-state index is 10.8. The number of carbonyl (C=O) groups excluding carboxylic acids is 1. The predicted octanol–water partition coefficient (Wildman–Crippen LogP) is 3.12. The van der Waals surface area contributed by atoms with E-state index in [1.165, 1.54) is 6.07 Å². The zero-order valence-electron chi connectivity index (χ0n) is 9.14. The fraction of sp³-hybridized carbons (Fsp3) is 0.167. The van der Waals surface area contributed by atoms with Crippen molar-refractivity contribution in [3.63, 3.8) is 0 Å². The van der Waals surface area contributed by atoms with Crippen molar-refractivity contribution in [2.24, 2.45) is 0 Å². The lowest BCUT2D eigenvalue weighted by Gasteiger charge is -2.02. The molecule has 1 heterocycles. The second-order valence-electron chi connectivity index (χ2n) is 3.31. The molecule has 0 amide bonds. The number of rotatable bonds is 4. The molecule has 4 nitrogen and oxygen atoms in total. The Hall–Kier alpha value is -1.81. The van der Waals surface area contributed by atoms with Crippen LogP contribution in [-0.2, 0) is 0 Å². The van der Waals surface area contributed by atoms with Gasteiger partial charge in [0.25, 0.3) is 5.24 Å². The molecule has 0 saturated heterocycles. The van der Waals surface area contributed by atoms with E-state index in [2.05, 4.69) is 5.16 Å². The van der Waals surface area contributed by atoms with Crippen LogP contribution in [0.2, 0.25) is 0 Å². The van der Waals surface area contributed by atoms with Gasteiger partial charge in [-0.2, -0.15) is 0 Å². The molecule has 0 bridgehead atoms.